The maximum atomic E-state index is 9.70. The van der Waals surface area contributed by atoms with E-state index in [-0.39, 0.29) is 18.2 Å². The summed E-state index contributed by atoms with van der Waals surface area (Å²) in [5, 5.41) is 13.2. The van der Waals surface area contributed by atoms with Crippen molar-refractivity contribution in [3.05, 3.63) is 23.8 Å². The molecule has 1 aromatic rings. The monoisotopic (exact) mass is 326 g/mol. The van der Waals surface area contributed by atoms with Gasteiger partial charge in [0.05, 0.1) is 7.11 Å². The zero-order chi connectivity index (χ0) is 14.7. The lowest BCUT2D eigenvalue weighted by atomic mass is 9.98. The number of aromatic hydroxyl groups is 1. The molecule has 5 heteroatoms. The summed E-state index contributed by atoms with van der Waals surface area (Å²) in [6, 6.07) is 6.46. The molecule has 1 heterocycles. The average molecular weight is 327 g/mol. The summed E-state index contributed by atoms with van der Waals surface area (Å²) in [5.74, 6) is 1.57. The molecule has 0 spiro atoms. The Morgan fingerprint density at radius 1 is 1.32 bits per heavy atom. The number of phenols is 1. The van der Waals surface area contributed by atoms with E-state index in [9.17, 15) is 5.11 Å². The average Bonchev–Trinajstić information content (AvgIpc) is 3.34. The first-order chi connectivity index (χ1) is 10.3. The predicted octanol–water partition coefficient (Wildman–Crippen LogP) is 2.79. The molecule has 0 aromatic heterocycles. The number of phenolic OH excluding ortho intramolecular Hbond substituents is 1. The van der Waals surface area contributed by atoms with Crippen LogP contribution in [0, 0.1) is 5.92 Å². The maximum Gasteiger partial charge on any atom is 0.160 e. The van der Waals surface area contributed by atoms with Gasteiger partial charge in [0, 0.05) is 19.1 Å². The van der Waals surface area contributed by atoms with Crippen LogP contribution in [-0.4, -0.2) is 42.8 Å². The number of hydrogen-bond acceptors (Lipinski definition) is 4. The van der Waals surface area contributed by atoms with Crippen LogP contribution in [0.2, 0.25) is 0 Å². The van der Waals surface area contributed by atoms with Crippen LogP contribution in [-0.2, 0) is 6.54 Å². The maximum absolute atomic E-state index is 9.70. The highest BCUT2D eigenvalue weighted by Gasteiger charge is 2.31. The van der Waals surface area contributed by atoms with Gasteiger partial charge in [0.2, 0.25) is 0 Å². The van der Waals surface area contributed by atoms with Crippen LogP contribution in [0.5, 0.6) is 11.5 Å². The van der Waals surface area contributed by atoms with Crippen LogP contribution >= 0.6 is 12.4 Å². The van der Waals surface area contributed by atoms with Gasteiger partial charge in [-0.15, -0.1) is 12.4 Å². The van der Waals surface area contributed by atoms with E-state index in [1.54, 1.807) is 13.2 Å². The standard InChI is InChI=1S/C17H26N2O2.ClH/c1-21-17-9-13(4-7-16(17)20)11-19(15-5-6-15)12-14-3-2-8-18-10-14;/h4,7,9,14-15,18,20H,2-3,5-6,8,10-12H2,1H3;1H. The predicted molar refractivity (Wildman–Crippen MR) is 90.9 cm³/mol. The van der Waals surface area contributed by atoms with Gasteiger partial charge in [-0.25, -0.2) is 0 Å². The fourth-order valence-electron chi connectivity index (χ4n) is 3.25. The van der Waals surface area contributed by atoms with E-state index in [4.69, 9.17) is 4.74 Å². The van der Waals surface area contributed by atoms with Crippen molar-refractivity contribution in [1.82, 2.24) is 10.2 Å². The Kier molecular flexibility index (Phi) is 6.36. The lowest BCUT2D eigenvalue weighted by Gasteiger charge is -2.30. The van der Waals surface area contributed by atoms with Crippen LogP contribution < -0.4 is 10.1 Å². The number of halogens is 1. The van der Waals surface area contributed by atoms with Gasteiger partial charge in [0.1, 0.15) is 0 Å². The molecular weight excluding hydrogens is 300 g/mol. The normalized spacial score (nSPS) is 21.5. The quantitative estimate of drug-likeness (QED) is 0.843. The number of ether oxygens (including phenoxy) is 1. The zero-order valence-electron chi connectivity index (χ0n) is 13.3. The molecule has 1 aromatic carbocycles. The Labute approximate surface area is 139 Å². The molecule has 1 saturated heterocycles. The SMILES string of the molecule is COc1cc(CN(CC2CCCNC2)C2CC2)ccc1O.Cl. The van der Waals surface area contributed by atoms with Gasteiger partial charge < -0.3 is 15.2 Å². The number of hydrogen-bond donors (Lipinski definition) is 2. The molecule has 1 saturated carbocycles. The topological polar surface area (TPSA) is 44.7 Å². The molecule has 0 amide bonds. The van der Waals surface area contributed by atoms with Crippen molar-refractivity contribution in [2.75, 3.05) is 26.7 Å². The molecule has 124 valence electrons. The van der Waals surface area contributed by atoms with E-state index >= 15 is 0 Å². The number of nitrogens with one attached hydrogen (secondary N) is 1. The number of benzene rings is 1. The van der Waals surface area contributed by atoms with Gasteiger partial charge in [-0.1, -0.05) is 6.07 Å². The first-order valence-electron chi connectivity index (χ1n) is 8.07. The molecular formula is C17H27ClN2O2. The lowest BCUT2D eigenvalue weighted by molar-refractivity contribution is 0.192. The van der Waals surface area contributed by atoms with Crippen molar-refractivity contribution in [3.8, 4) is 11.5 Å². The second kappa shape index (κ2) is 8.04. The van der Waals surface area contributed by atoms with Gasteiger partial charge in [0.15, 0.2) is 11.5 Å². The fourth-order valence-corrected chi connectivity index (χ4v) is 3.25. The summed E-state index contributed by atoms with van der Waals surface area (Å²) in [6.07, 6.45) is 5.30. The van der Waals surface area contributed by atoms with E-state index in [1.807, 2.05) is 12.1 Å². The minimum absolute atomic E-state index is 0. The highest BCUT2D eigenvalue weighted by molar-refractivity contribution is 5.85. The lowest BCUT2D eigenvalue weighted by Crippen LogP contribution is -2.39. The molecule has 4 nitrogen and oxygen atoms in total. The summed E-state index contributed by atoms with van der Waals surface area (Å²) in [4.78, 5) is 2.61. The van der Waals surface area contributed by atoms with E-state index < -0.39 is 0 Å². The smallest absolute Gasteiger partial charge is 0.160 e. The molecule has 1 atom stereocenters. The van der Waals surface area contributed by atoms with Crippen LogP contribution in [0.4, 0.5) is 0 Å². The summed E-state index contributed by atoms with van der Waals surface area (Å²) < 4.78 is 5.21. The zero-order valence-corrected chi connectivity index (χ0v) is 14.1. The third kappa shape index (κ3) is 4.51. The van der Waals surface area contributed by atoms with Crippen LogP contribution in [0.15, 0.2) is 18.2 Å². The molecule has 2 N–H and O–H groups in total. The number of methoxy groups -OCH3 is 1. The molecule has 2 fully saturated rings. The highest BCUT2D eigenvalue weighted by Crippen LogP contribution is 2.32. The fraction of sp³-hybridized carbons (Fsp3) is 0.647. The Hall–Kier alpha value is -0.970. The Bertz CT molecular complexity index is 474. The van der Waals surface area contributed by atoms with E-state index in [1.165, 1.54) is 44.3 Å². The molecule has 0 radical (unpaired) electrons. The first kappa shape index (κ1) is 17.4. The second-order valence-corrected chi connectivity index (χ2v) is 6.38. The van der Waals surface area contributed by atoms with E-state index in [0.29, 0.717) is 5.75 Å². The summed E-state index contributed by atoms with van der Waals surface area (Å²) in [5.41, 5.74) is 1.22. The molecule has 1 aliphatic heterocycles. The van der Waals surface area contributed by atoms with E-state index in [2.05, 4.69) is 10.2 Å². The van der Waals surface area contributed by atoms with Gasteiger partial charge in [-0.3, -0.25) is 4.90 Å². The molecule has 1 unspecified atom stereocenters. The summed E-state index contributed by atoms with van der Waals surface area (Å²) in [6.45, 7) is 4.47. The molecule has 22 heavy (non-hydrogen) atoms. The largest absolute Gasteiger partial charge is 0.504 e. The minimum Gasteiger partial charge on any atom is -0.504 e. The summed E-state index contributed by atoms with van der Waals surface area (Å²) in [7, 11) is 1.60. The van der Waals surface area contributed by atoms with Crippen LogP contribution in [0.3, 0.4) is 0 Å². The highest BCUT2D eigenvalue weighted by atomic mass is 35.5. The van der Waals surface area contributed by atoms with Crippen molar-refractivity contribution < 1.29 is 9.84 Å². The second-order valence-electron chi connectivity index (χ2n) is 6.38. The Balaban J connectivity index is 0.00000176. The number of piperidine rings is 1. The molecule has 3 rings (SSSR count). The number of nitrogens with zero attached hydrogens (tertiary/aromatic N) is 1. The third-order valence-electron chi connectivity index (χ3n) is 4.58. The Morgan fingerprint density at radius 2 is 2.14 bits per heavy atom. The molecule has 1 aliphatic carbocycles. The van der Waals surface area contributed by atoms with Crippen LogP contribution in [0.25, 0.3) is 0 Å². The number of rotatable bonds is 6. The van der Waals surface area contributed by atoms with Crippen LogP contribution in [0.1, 0.15) is 31.2 Å². The van der Waals surface area contributed by atoms with Gasteiger partial charge in [-0.05, 0) is 62.4 Å². The van der Waals surface area contributed by atoms with Crippen molar-refractivity contribution in [3.63, 3.8) is 0 Å². The minimum atomic E-state index is 0. The van der Waals surface area contributed by atoms with Gasteiger partial charge >= 0.3 is 0 Å². The van der Waals surface area contributed by atoms with Gasteiger partial charge in [-0.2, -0.15) is 0 Å². The van der Waals surface area contributed by atoms with Crippen molar-refractivity contribution >= 4 is 12.4 Å². The Morgan fingerprint density at radius 3 is 2.77 bits per heavy atom. The van der Waals surface area contributed by atoms with Gasteiger partial charge in [0.25, 0.3) is 0 Å². The summed E-state index contributed by atoms with van der Waals surface area (Å²) >= 11 is 0. The van der Waals surface area contributed by atoms with E-state index in [0.717, 1.165) is 25.0 Å². The van der Waals surface area contributed by atoms with Crippen molar-refractivity contribution in [2.24, 2.45) is 5.92 Å². The first-order valence-corrected chi connectivity index (χ1v) is 8.07. The third-order valence-corrected chi connectivity index (χ3v) is 4.58. The molecule has 0 bridgehead atoms. The van der Waals surface area contributed by atoms with Crippen molar-refractivity contribution in [1.29, 1.82) is 0 Å². The molecule has 2 aliphatic rings. The van der Waals surface area contributed by atoms with Crippen molar-refractivity contribution in [2.45, 2.75) is 38.3 Å².